The molecular formula is C21H26N2O2. The maximum Gasteiger partial charge on any atom is 0.239 e. The van der Waals surface area contributed by atoms with E-state index in [0.29, 0.717) is 0 Å². The van der Waals surface area contributed by atoms with E-state index in [9.17, 15) is 10.1 Å². The van der Waals surface area contributed by atoms with Gasteiger partial charge in [0, 0.05) is 17.2 Å². The number of piperidine rings is 1. The Balaban J connectivity index is 1.95. The monoisotopic (exact) mass is 338 g/mol. The van der Waals surface area contributed by atoms with Gasteiger partial charge in [-0.1, -0.05) is 68.3 Å². The van der Waals surface area contributed by atoms with Crippen LogP contribution in [0.5, 0.6) is 0 Å². The zero-order valence-electron chi connectivity index (χ0n) is 14.8. The number of nitro groups is 1. The molecule has 0 amide bonds. The maximum absolute atomic E-state index is 12.1. The molecule has 1 heterocycles. The van der Waals surface area contributed by atoms with Gasteiger partial charge in [-0.3, -0.25) is 10.1 Å². The van der Waals surface area contributed by atoms with Crippen molar-refractivity contribution in [3.05, 3.63) is 76.3 Å². The summed E-state index contributed by atoms with van der Waals surface area (Å²) in [6, 6.07) is 19.5. The first-order valence-corrected chi connectivity index (χ1v) is 9.22. The minimum absolute atomic E-state index is 0.0157. The highest BCUT2D eigenvalue weighted by atomic mass is 16.6. The van der Waals surface area contributed by atoms with Crippen LogP contribution in [0.25, 0.3) is 0 Å². The van der Waals surface area contributed by atoms with E-state index in [2.05, 4.69) is 24.0 Å². The fourth-order valence-electron chi connectivity index (χ4n) is 4.10. The van der Waals surface area contributed by atoms with Crippen LogP contribution in [-0.2, 0) is 0 Å². The third kappa shape index (κ3) is 3.84. The van der Waals surface area contributed by atoms with E-state index in [1.54, 1.807) is 0 Å². The quantitative estimate of drug-likeness (QED) is 0.557. The SMILES string of the molecule is CCCC[C@@H]1[C@H]([N+](=O)[O-])[C@H](c2ccccc2)CCN1c1ccccc1. The molecule has 0 radical (unpaired) electrons. The number of para-hydroxylation sites is 1. The Bertz CT molecular complexity index is 675. The molecule has 0 unspecified atom stereocenters. The molecule has 3 rings (SSSR count). The van der Waals surface area contributed by atoms with Gasteiger partial charge < -0.3 is 4.90 Å². The van der Waals surface area contributed by atoms with Gasteiger partial charge >= 0.3 is 0 Å². The number of benzene rings is 2. The number of rotatable bonds is 6. The number of nitrogens with zero attached hydrogens (tertiary/aromatic N) is 2. The van der Waals surface area contributed by atoms with E-state index in [1.807, 2.05) is 48.5 Å². The molecule has 4 heteroatoms. The van der Waals surface area contributed by atoms with Crippen molar-refractivity contribution in [1.82, 2.24) is 0 Å². The summed E-state index contributed by atoms with van der Waals surface area (Å²) in [6.07, 6.45) is 3.74. The first-order chi connectivity index (χ1) is 12.2. The van der Waals surface area contributed by atoms with Gasteiger partial charge in [0.1, 0.15) is 0 Å². The Labute approximate surface area is 149 Å². The number of hydrogen-bond acceptors (Lipinski definition) is 3. The van der Waals surface area contributed by atoms with Crippen molar-refractivity contribution >= 4 is 5.69 Å². The lowest BCUT2D eigenvalue weighted by Gasteiger charge is -2.42. The zero-order valence-corrected chi connectivity index (χ0v) is 14.8. The summed E-state index contributed by atoms with van der Waals surface area (Å²) < 4.78 is 0. The topological polar surface area (TPSA) is 46.4 Å². The van der Waals surface area contributed by atoms with E-state index < -0.39 is 6.04 Å². The summed E-state index contributed by atoms with van der Waals surface area (Å²) in [5, 5.41) is 12.1. The van der Waals surface area contributed by atoms with E-state index in [0.717, 1.165) is 43.5 Å². The molecule has 0 N–H and O–H groups in total. The molecule has 0 saturated carbocycles. The number of anilines is 1. The smallest absolute Gasteiger partial charge is 0.239 e. The third-order valence-corrected chi connectivity index (χ3v) is 5.30. The molecule has 0 bridgehead atoms. The van der Waals surface area contributed by atoms with Gasteiger partial charge in [-0.2, -0.15) is 0 Å². The van der Waals surface area contributed by atoms with Crippen molar-refractivity contribution in [2.75, 3.05) is 11.4 Å². The van der Waals surface area contributed by atoms with Crippen LogP contribution in [-0.4, -0.2) is 23.6 Å². The summed E-state index contributed by atoms with van der Waals surface area (Å²) in [7, 11) is 0. The van der Waals surface area contributed by atoms with Crippen LogP contribution in [0.1, 0.15) is 44.1 Å². The Morgan fingerprint density at radius 2 is 1.72 bits per heavy atom. The average Bonchev–Trinajstić information content (AvgIpc) is 2.66. The summed E-state index contributed by atoms with van der Waals surface area (Å²) in [5.74, 6) is -0.0157. The van der Waals surface area contributed by atoms with Crippen molar-refractivity contribution in [1.29, 1.82) is 0 Å². The predicted octanol–water partition coefficient (Wildman–Crippen LogP) is 4.88. The third-order valence-electron chi connectivity index (χ3n) is 5.30. The molecule has 1 saturated heterocycles. The Morgan fingerprint density at radius 3 is 2.32 bits per heavy atom. The highest BCUT2D eigenvalue weighted by Crippen LogP contribution is 2.37. The van der Waals surface area contributed by atoms with Crippen LogP contribution in [0.4, 0.5) is 5.69 Å². The highest BCUT2D eigenvalue weighted by molar-refractivity contribution is 5.48. The van der Waals surface area contributed by atoms with Crippen LogP contribution in [0.3, 0.4) is 0 Å². The van der Waals surface area contributed by atoms with Crippen LogP contribution in [0, 0.1) is 10.1 Å². The molecule has 0 spiro atoms. The highest BCUT2D eigenvalue weighted by Gasteiger charge is 2.46. The van der Waals surface area contributed by atoms with E-state index in [1.165, 1.54) is 0 Å². The molecule has 1 fully saturated rings. The minimum atomic E-state index is -0.567. The van der Waals surface area contributed by atoms with Gasteiger partial charge in [0.2, 0.25) is 6.04 Å². The molecule has 2 aromatic rings. The number of unbranched alkanes of at least 4 members (excludes halogenated alkanes) is 1. The van der Waals surface area contributed by atoms with Gasteiger partial charge in [-0.15, -0.1) is 0 Å². The van der Waals surface area contributed by atoms with Crippen molar-refractivity contribution < 1.29 is 4.92 Å². The predicted molar refractivity (Wildman–Crippen MR) is 102 cm³/mol. The Morgan fingerprint density at radius 1 is 1.08 bits per heavy atom. The van der Waals surface area contributed by atoms with Gasteiger partial charge in [0.25, 0.3) is 0 Å². The fraction of sp³-hybridized carbons (Fsp3) is 0.429. The summed E-state index contributed by atoms with van der Waals surface area (Å²) >= 11 is 0. The van der Waals surface area contributed by atoms with Crippen LogP contribution < -0.4 is 4.90 Å². The zero-order chi connectivity index (χ0) is 17.6. The lowest BCUT2D eigenvalue weighted by Crippen LogP contribution is -2.55. The van der Waals surface area contributed by atoms with Crippen LogP contribution >= 0.6 is 0 Å². The Kier molecular flexibility index (Phi) is 5.69. The molecule has 3 atom stereocenters. The molecular weight excluding hydrogens is 312 g/mol. The van der Waals surface area contributed by atoms with Crippen LogP contribution in [0.15, 0.2) is 60.7 Å². The van der Waals surface area contributed by atoms with E-state index in [-0.39, 0.29) is 16.9 Å². The molecule has 1 aliphatic heterocycles. The van der Waals surface area contributed by atoms with Crippen molar-refractivity contribution in [2.45, 2.75) is 50.6 Å². The maximum atomic E-state index is 12.1. The first kappa shape index (κ1) is 17.5. The summed E-state index contributed by atoms with van der Waals surface area (Å²) in [6.45, 7) is 3.01. The van der Waals surface area contributed by atoms with Crippen molar-refractivity contribution in [2.24, 2.45) is 0 Å². The van der Waals surface area contributed by atoms with E-state index in [4.69, 9.17) is 0 Å². The summed E-state index contributed by atoms with van der Waals surface area (Å²) in [5.41, 5.74) is 2.19. The van der Waals surface area contributed by atoms with Gasteiger partial charge in [-0.05, 0) is 30.5 Å². The van der Waals surface area contributed by atoms with E-state index >= 15 is 0 Å². The molecule has 4 nitrogen and oxygen atoms in total. The second-order valence-corrected chi connectivity index (χ2v) is 6.82. The lowest BCUT2D eigenvalue weighted by atomic mass is 9.79. The van der Waals surface area contributed by atoms with Gasteiger partial charge in [0.15, 0.2) is 0 Å². The minimum Gasteiger partial charge on any atom is -0.362 e. The first-order valence-electron chi connectivity index (χ1n) is 9.22. The Hall–Kier alpha value is -2.36. The van der Waals surface area contributed by atoms with Gasteiger partial charge in [-0.25, -0.2) is 0 Å². The standard InChI is InChI=1S/C21H26N2O2/c1-2-3-14-20-21(23(24)25)19(17-10-6-4-7-11-17)15-16-22(20)18-12-8-5-9-13-18/h4-13,19-21H,2-3,14-16H2,1H3/t19-,20+,21+/m0/s1. The molecule has 132 valence electrons. The molecule has 2 aromatic carbocycles. The second kappa shape index (κ2) is 8.15. The van der Waals surface area contributed by atoms with Crippen molar-refractivity contribution in [3.63, 3.8) is 0 Å². The second-order valence-electron chi connectivity index (χ2n) is 6.82. The van der Waals surface area contributed by atoms with Crippen molar-refractivity contribution in [3.8, 4) is 0 Å². The summed E-state index contributed by atoms with van der Waals surface area (Å²) in [4.78, 5) is 14.3. The van der Waals surface area contributed by atoms with Gasteiger partial charge in [0.05, 0.1) is 12.0 Å². The fourth-order valence-corrected chi connectivity index (χ4v) is 4.10. The largest absolute Gasteiger partial charge is 0.362 e. The lowest BCUT2D eigenvalue weighted by molar-refractivity contribution is -0.532. The molecule has 0 aliphatic carbocycles. The average molecular weight is 338 g/mol. The molecule has 0 aromatic heterocycles. The number of hydrogen-bond donors (Lipinski definition) is 0. The molecule has 1 aliphatic rings. The normalized spacial score (nSPS) is 23.4. The molecule has 25 heavy (non-hydrogen) atoms. The van der Waals surface area contributed by atoms with Crippen LogP contribution in [0.2, 0.25) is 0 Å².